The quantitative estimate of drug-likeness (QED) is 0.532. The van der Waals surface area contributed by atoms with E-state index in [2.05, 4.69) is 29.4 Å². The molecule has 3 heterocycles. The van der Waals surface area contributed by atoms with E-state index < -0.39 is 5.54 Å². The van der Waals surface area contributed by atoms with Crippen molar-refractivity contribution >= 4 is 28.5 Å². The Hall–Kier alpha value is -3.28. The maximum Gasteiger partial charge on any atom is 0.319 e. The summed E-state index contributed by atoms with van der Waals surface area (Å²) >= 11 is 0. The highest BCUT2D eigenvalue weighted by atomic mass is 16.2. The third-order valence-corrected chi connectivity index (χ3v) is 8.22. The maximum absolute atomic E-state index is 14.6. The molecule has 3 aromatic rings. The fraction of sp³-hybridized carbons (Fsp3) is 0.448. The van der Waals surface area contributed by atoms with E-state index in [0.717, 1.165) is 78.4 Å². The molecule has 1 saturated carbocycles. The molecule has 6 nitrogen and oxygen atoms in total. The van der Waals surface area contributed by atoms with Crippen molar-refractivity contribution in [3.63, 3.8) is 0 Å². The number of anilines is 1. The molecule has 35 heavy (non-hydrogen) atoms. The number of carbonyl (C=O) groups is 2. The zero-order valence-electron chi connectivity index (χ0n) is 20.5. The largest absolute Gasteiger partial charge is 0.355 e. The number of hydrogen-bond acceptors (Lipinski definition) is 2. The molecule has 0 unspecified atom stereocenters. The van der Waals surface area contributed by atoms with Gasteiger partial charge in [0, 0.05) is 35.6 Å². The van der Waals surface area contributed by atoms with E-state index in [4.69, 9.17) is 0 Å². The van der Waals surface area contributed by atoms with Gasteiger partial charge in [-0.15, -0.1) is 0 Å². The van der Waals surface area contributed by atoms with Crippen LogP contribution in [0.1, 0.15) is 68.7 Å². The molecule has 2 aromatic carbocycles. The molecule has 2 N–H and O–H groups in total. The summed E-state index contributed by atoms with van der Waals surface area (Å²) < 4.78 is 0. The second kappa shape index (κ2) is 8.74. The van der Waals surface area contributed by atoms with Crippen LogP contribution in [0.3, 0.4) is 0 Å². The van der Waals surface area contributed by atoms with Crippen molar-refractivity contribution in [2.24, 2.45) is 0 Å². The third kappa shape index (κ3) is 3.29. The van der Waals surface area contributed by atoms with Gasteiger partial charge in [-0.25, -0.2) is 4.79 Å². The minimum Gasteiger partial charge on any atom is -0.355 e. The molecule has 182 valence electrons. The number of unbranched alkanes of at least 4 members (excludes halogenated alkanes) is 1. The van der Waals surface area contributed by atoms with Gasteiger partial charge in [-0.1, -0.05) is 69.0 Å². The predicted octanol–water partition coefficient (Wildman–Crippen LogP) is 5.46. The Morgan fingerprint density at radius 2 is 1.86 bits per heavy atom. The third-order valence-electron chi connectivity index (χ3n) is 8.22. The first-order valence-corrected chi connectivity index (χ1v) is 13.3. The van der Waals surface area contributed by atoms with Crippen LogP contribution in [0.4, 0.5) is 10.5 Å². The van der Waals surface area contributed by atoms with Gasteiger partial charge in [0.05, 0.1) is 11.4 Å². The lowest BCUT2D eigenvalue weighted by atomic mass is 9.80. The Bertz CT molecular complexity index is 1270. The van der Waals surface area contributed by atoms with E-state index in [1.165, 1.54) is 6.42 Å². The summed E-state index contributed by atoms with van der Waals surface area (Å²) in [5, 5.41) is 4.46. The van der Waals surface area contributed by atoms with E-state index in [-0.39, 0.29) is 18.0 Å². The van der Waals surface area contributed by atoms with Crippen molar-refractivity contribution in [3.8, 4) is 0 Å². The smallest absolute Gasteiger partial charge is 0.319 e. The van der Waals surface area contributed by atoms with Crippen molar-refractivity contribution in [2.45, 2.75) is 69.9 Å². The van der Waals surface area contributed by atoms with Crippen LogP contribution in [0.15, 0.2) is 48.5 Å². The zero-order valence-corrected chi connectivity index (χ0v) is 20.5. The second-order valence-electron chi connectivity index (χ2n) is 10.2. The van der Waals surface area contributed by atoms with E-state index >= 15 is 0 Å². The molecule has 0 radical (unpaired) electrons. The van der Waals surface area contributed by atoms with Crippen LogP contribution in [0.2, 0.25) is 0 Å². The minimum atomic E-state index is -1.17. The molecule has 3 aliphatic rings. The average molecular weight is 471 g/mol. The molecule has 0 saturated heterocycles. The molecule has 3 amide bonds. The standard InChI is InChI=1S/C29H34N4O2/c1-2-3-18-32-25-16-10-8-14-23(25)29(27(32)34)26-22(21-13-7-9-15-24(21)31-26)17-19-33(29)28(35)30-20-11-5-4-6-12-20/h7-10,13-16,20,31H,2-6,11-12,17-19H2,1H3,(H,30,35)/t29-/m0/s1. The molecule has 1 aromatic heterocycles. The summed E-state index contributed by atoms with van der Waals surface area (Å²) in [6.07, 6.45) is 8.20. The van der Waals surface area contributed by atoms with Gasteiger partial charge in [-0.2, -0.15) is 0 Å². The van der Waals surface area contributed by atoms with Gasteiger partial charge >= 0.3 is 6.03 Å². The first-order chi connectivity index (χ1) is 17.2. The van der Waals surface area contributed by atoms with Crippen molar-refractivity contribution < 1.29 is 9.59 Å². The van der Waals surface area contributed by atoms with E-state index in [0.29, 0.717) is 13.1 Å². The van der Waals surface area contributed by atoms with Gasteiger partial charge in [0.15, 0.2) is 5.54 Å². The number of H-pyrrole nitrogens is 1. The summed E-state index contributed by atoms with van der Waals surface area (Å²) in [4.78, 5) is 35.9. The van der Waals surface area contributed by atoms with Gasteiger partial charge < -0.3 is 20.1 Å². The molecule has 2 aliphatic heterocycles. The number of para-hydroxylation sites is 2. The van der Waals surface area contributed by atoms with Crippen LogP contribution in [0.25, 0.3) is 10.9 Å². The highest BCUT2D eigenvalue weighted by Crippen LogP contribution is 2.52. The normalized spacial score (nSPS) is 22.0. The fourth-order valence-corrected chi connectivity index (χ4v) is 6.52. The number of amides is 3. The van der Waals surface area contributed by atoms with Crippen LogP contribution in [-0.2, 0) is 16.8 Å². The van der Waals surface area contributed by atoms with Gasteiger partial charge in [0.2, 0.25) is 0 Å². The summed E-state index contributed by atoms with van der Waals surface area (Å²) in [5.41, 5.74) is 3.70. The van der Waals surface area contributed by atoms with E-state index in [1.54, 1.807) is 0 Å². The Kier molecular flexibility index (Phi) is 5.54. The number of nitrogens with one attached hydrogen (secondary N) is 2. The number of nitrogens with zero attached hydrogens (tertiary/aromatic N) is 2. The Balaban J connectivity index is 1.53. The Morgan fingerprint density at radius 3 is 2.69 bits per heavy atom. The number of urea groups is 1. The maximum atomic E-state index is 14.6. The lowest BCUT2D eigenvalue weighted by molar-refractivity contribution is -0.126. The number of aromatic nitrogens is 1. The van der Waals surface area contributed by atoms with Crippen molar-refractivity contribution in [1.82, 2.24) is 15.2 Å². The van der Waals surface area contributed by atoms with Crippen molar-refractivity contribution in [1.29, 1.82) is 0 Å². The van der Waals surface area contributed by atoms with E-state index in [1.807, 2.05) is 46.2 Å². The highest BCUT2D eigenvalue weighted by molar-refractivity contribution is 6.12. The first-order valence-electron chi connectivity index (χ1n) is 13.3. The molecule has 1 spiro atoms. The van der Waals surface area contributed by atoms with Gasteiger partial charge in [0.1, 0.15) is 0 Å². The fourth-order valence-electron chi connectivity index (χ4n) is 6.52. The molecular formula is C29H34N4O2. The molecule has 1 fully saturated rings. The summed E-state index contributed by atoms with van der Waals surface area (Å²) in [7, 11) is 0. The Morgan fingerprint density at radius 1 is 1.09 bits per heavy atom. The number of aromatic amines is 1. The zero-order chi connectivity index (χ0) is 24.0. The lowest BCUT2D eigenvalue weighted by Gasteiger charge is -2.44. The topological polar surface area (TPSA) is 68.4 Å². The van der Waals surface area contributed by atoms with Crippen LogP contribution in [0, 0.1) is 0 Å². The number of rotatable bonds is 4. The predicted molar refractivity (Wildman–Crippen MR) is 139 cm³/mol. The monoisotopic (exact) mass is 470 g/mol. The molecule has 6 rings (SSSR count). The summed E-state index contributed by atoms with van der Waals surface area (Å²) in [5.74, 6) is -0.0153. The van der Waals surface area contributed by atoms with Gasteiger partial charge in [-0.3, -0.25) is 4.79 Å². The Labute approximate surface area is 206 Å². The lowest BCUT2D eigenvalue weighted by Crippen LogP contribution is -2.62. The average Bonchev–Trinajstić information content (AvgIpc) is 3.38. The van der Waals surface area contributed by atoms with Crippen LogP contribution < -0.4 is 10.2 Å². The van der Waals surface area contributed by atoms with Gasteiger partial charge in [0.25, 0.3) is 5.91 Å². The van der Waals surface area contributed by atoms with Crippen molar-refractivity contribution in [2.75, 3.05) is 18.0 Å². The molecular weight excluding hydrogens is 436 g/mol. The second-order valence-corrected chi connectivity index (χ2v) is 10.2. The molecule has 6 heteroatoms. The van der Waals surface area contributed by atoms with Crippen LogP contribution in [0.5, 0.6) is 0 Å². The summed E-state index contributed by atoms with van der Waals surface area (Å²) in [6.45, 7) is 3.30. The van der Waals surface area contributed by atoms with Crippen molar-refractivity contribution in [3.05, 3.63) is 65.4 Å². The number of hydrogen-bond donors (Lipinski definition) is 2. The SMILES string of the molecule is CCCCN1C(=O)[C@]2(c3ccccc31)c1[nH]c3ccccc3c1CCN2C(=O)NC1CCCCC1. The highest BCUT2D eigenvalue weighted by Gasteiger charge is 2.60. The minimum absolute atomic E-state index is 0.0153. The van der Waals surface area contributed by atoms with Crippen LogP contribution in [-0.4, -0.2) is 41.0 Å². The number of benzene rings is 2. The molecule has 0 bridgehead atoms. The number of fused-ring (bicyclic) bond motifs is 6. The first kappa shape index (κ1) is 22.2. The van der Waals surface area contributed by atoms with Crippen LogP contribution >= 0.6 is 0 Å². The summed E-state index contributed by atoms with van der Waals surface area (Å²) in [6, 6.07) is 16.4. The van der Waals surface area contributed by atoms with E-state index in [9.17, 15) is 9.59 Å². The number of carbonyl (C=O) groups excluding carboxylic acids is 2. The van der Waals surface area contributed by atoms with Gasteiger partial charge in [-0.05, 0) is 43.4 Å². The molecule has 1 atom stereocenters. The molecule has 1 aliphatic carbocycles.